The molecule has 0 aliphatic heterocycles. The molecular weight excluding hydrogens is 162 g/mol. The standard InChI is InChI=1S/C11H13NO/c12-8-11(9-13)7-6-10-4-2-1-3-5-10/h1-5,11,13H,6-7,9H2. The molecule has 0 saturated carbocycles. The second-order valence-electron chi connectivity index (χ2n) is 3.03. The maximum absolute atomic E-state index is 8.78. The van der Waals surface area contributed by atoms with Crippen LogP contribution in [0.15, 0.2) is 30.3 Å². The summed E-state index contributed by atoms with van der Waals surface area (Å²) in [6.45, 7) is -0.0384. The quantitative estimate of drug-likeness (QED) is 0.757. The summed E-state index contributed by atoms with van der Waals surface area (Å²) >= 11 is 0. The third-order valence-corrected chi connectivity index (χ3v) is 2.03. The van der Waals surface area contributed by atoms with Crippen molar-refractivity contribution >= 4 is 0 Å². The molecule has 0 aliphatic rings. The first kappa shape index (κ1) is 9.76. The highest BCUT2D eigenvalue weighted by molar-refractivity contribution is 5.14. The molecule has 0 heterocycles. The summed E-state index contributed by atoms with van der Waals surface area (Å²) in [5.74, 6) is -0.222. The fourth-order valence-electron chi connectivity index (χ4n) is 1.18. The molecule has 1 N–H and O–H groups in total. The number of aryl methyl sites for hydroxylation is 1. The van der Waals surface area contributed by atoms with E-state index in [0.29, 0.717) is 0 Å². The summed E-state index contributed by atoms with van der Waals surface area (Å²) < 4.78 is 0. The first-order valence-electron chi connectivity index (χ1n) is 4.41. The SMILES string of the molecule is N#CC(CO)CCc1ccccc1. The van der Waals surface area contributed by atoms with Crippen molar-refractivity contribution < 1.29 is 5.11 Å². The van der Waals surface area contributed by atoms with E-state index >= 15 is 0 Å². The van der Waals surface area contributed by atoms with Gasteiger partial charge in [0.2, 0.25) is 0 Å². The molecule has 2 heteroatoms. The third-order valence-electron chi connectivity index (χ3n) is 2.03. The predicted molar refractivity (Wildman–Crippen MR) is 51.0 cm³/mol. The number of aliphatic hydroxyl groups is 1. The minimum atomic E-state index is -0.222. The zero-order valence-electron chi connectivity index (χ0n) is 7.48. The normalized spacial score (nSPS) is 12.0. The van der Waals surface area contributed by atoms with Gasteiger partial charge in [-0.05, 0) is 18.4 Å². The van der Waals surface area contributed by atoms with Gasteiger partial charge in [-0.15, -0.1) is 0 Å². The van der Waals surface area contributed by atoms with Crippen molar-refractivity contribution in [2.24, 2.45) is 5.92 Å². The Morgan fingerprint density at radius 3 is 2.54 bits per heavy atom. The Morgan fingerprint density at radius 2 is 2.00 bits per heavy atom. The molecule has 1 unspecified atom stereocenters. The van der Waals surface area contributed by atoms with Gasteiger partial charge in [0.15, 0.2) is 0 Å². The Bertz CT molecular complexity index is 276. The number of rotatable bonds is 4. The van der Waals surface area contributed by atoms with Crippen molar-refractivity contribution in [1.82, 2.24) is 0 Å². The monoisotopic (exact) mass is 175 g/mol. The topological polar surface area (TPSA) is 44.0 Å². The zero-order chi connectivity index (χ0) is 9.52. The van der Waals surface area contributed by atoms with Crippen LogP contribution in [0.3, 0.4) is 0 Å². The van der Waals surface area contributed by atoms with Crippen LogP contribution in [0.4, 0.5) is 0 Å². The molecule has 0 saturated heterocycles. The molecule has 0 amide bonds. The smallest absolute Gasteiger partial charge is 0.0697 e. The van der Waals surface area contributed by atoms with Gasteiger partial charge >= 0.3 is 0 Å². The maximum Gasteiger partial charge on any atom is 0.0697 e. The van der Waals surface area contributed by atoms with Crippen molar-refractivity contribution in [1.29, 1.82) is 5.26 Å². The Hall–Kier alpha value is -1.33. The van der Waals surface area contributed by atoms with Gasteiger partial charge in [-0.2, -0.15) is 5.26 Å². The average Bonchev–Trinajstić information content (AvgIpc) is 2.21. The molecule has 13 heavy (non-hydrogen) atoms. The van der Waals surface area contributed by atoms with Gasteiger partial charge in [0, 0.05) is 0 Å². The van der Waals surface area contributed by atoms with Crippen molar-refractivity contribution in [2.45, 2.75) is 12.8 Å². The van der Waals surface area contributed by atoms with Crippen LogP contribution in [-0.2, 0) is 6.42 Å². The second kappa shape index (κ2) is 5.34. The van der Waals surface area contributed by atoms with Crippen LogP contribution in [0.25, 0.3) is 0 Å². The third kappa shape index (κ3) is 3.27. The van der Waals surface area contributed by atoms with Gasteiger partial charge in [0.1, 0.15) is 0 Å². The Kier molecular flexibility index (Phi) is 4.01. The van der Waals surface area contributed by atoms with Crippen molar-refractivity contribution in [3.8, 4) is 6.07 Å². The van der Waals surface area contributed by atoms with E-state index in [4.69, 9.17) is 10.4 Å². The van der Waals surface area contributed by atoms with E-state index in [9.17, 15) is 0 Å². The van der Waals surface area contributed by atoms with E-state index in [1.807, 2.05) is 30.3 Å². The van der Waals surface area contributed by atoms with E-state index in [2.05, 4.69) is 6.07 Å². The molecule has 2 nitrogen and oxygen atoms in total. The minimum absolute atomic E-state index is 0.0384. The molecule has 1 aromatic carbocycles. The fourth-order valence-corrected chi connectivity index (χ4v) is 1.18. The molecule has 68 valence electrons. The van der Waals surface area contributed by atoms with Crippen LogP contribution in [0.5, 0.6) is 0 Å². The lowest BCUT2D eigenvalue weighted by atomic mass is 10.0. The Balaban J connectivity index is 2.40. The molecule has 1 rings (SSSR count). The second-order valence-corrected chi connectivity index (χ2v) is 3.03. The van der Waals surface area contributed by atoms with E-state index < -0.39 is 0 Å². The van der Waals surface area contributed by atoms with Crippen LogP contribution in [0.2, 0.25) is 0 Å². The lowest BCUT2D eigenvalue weighted by molar-refractivity contribution is 0.250. The predicted octanol–water partition coefficient (Wildman–Crippen LogP) is 1.75. The van der Waals surface area contributed by atoms with Gasteiger partial charge in [-0.1, -0.05) is 30.3 Å². The molecule has 0 bridgehead atoms. The van der Waals surface area contributed by atoms with Crippen LogP contribution >= 0.6 is 0 Å². The number of hydrogen-bond donors (Lipinski definition) is 1. The van der Waals surface area contributed by atoms with E-state index in [1.165, 1.54) is 5.56 Å². The molecule has 0 radical (unpaired) electrons. The van der Waals surface area contributed by atoms with Gasteiger partial charge in [-0.25, -0.2) is 0 Å². The minimum Gasteiger partial charge on any atom is -0.395 e. The van der Waals surface area contributed by atoms with Crippen LogP contribution in [-0.4, -0.2) is 11.7 Å². The number of benzene rings is 1. The summed E-state index contributed by atoms with van der Waals surface area (Å²) in [5, 5.41) is 17.4. The lowest BCUT2D eigenvalue weighted by Crippen LogP contribution is -2.04. The van der Waals surface area contributed by atoms with Crippen molar-refractivity contribution in [3.63, 3.8) is 0 Å². The summed E-state index contributed by atoms with van der Waals surface area (Å²) in [6, 6.07) is 12.1. The molecule has 1 aromatic rings. The van der Waals surface area contributed by atoms with Crippen molar-refractivity contribution in [2.75, 3.05) is 6.61 Å². The Labute approximate surface area is 78.4 Å². The lowest BCUT2D eigenvalue weighted by Gasteiger charge is -2.04. The fraction of sp³-hybridized carbons (Fsp3) is 0.364. The Morgan fingerprint density at radius 1 is 1.31 bits per heavy atom. The maximum atomic E-state index is 8.78. The molecule has 0 fully saturated rings. The molecule has 0 spiro atoms. The molecule has 0 aliphatic carbocycles. The van der Waals surface area contributed by atoms with E-state index in [-0.39, 0.29) is 12.5 Å². The number of hydrogen-bond acceptors (Lipinski definition) is 2. The largest absolute Gasteiger partial charge is 0.395 e. The highest BCUT2D eigenvalue weighted by atomic mass is 16.3. The van der Waals surface area contributed by atoms with Crippen LogP contribution in [0.1, 0.15) is 12.0 Å². The van der Waals surface area contributed by atoms with Crippen molar-refractivity contribution in [3.05, 3.63) is 35.9 Å². The molecule has 1 atom stereocenters. The average molecular weight is 175 g/mol. The highest BCUT2D eigenvalue weighted by Crippen LogP contribution is 2.08. The molecular formula is C11H13NO. The molecule has 0 aromatic heterocycles. The van der Waals surface area contributed by atoms with E-state index in [1.54, 1.807) is 0 Å². The van der Waals surface area contributed by atoms with Crippen LogP contribution in [0, 0.1) is 17.2 Å². The number of nitriles is 1. The van der Waals surface area contributed by atoms with Crippen LogP contribution < -0.4 is 0 Å². The zero-order valence-corrected chi connectivity index (χ0v) is 7.48. The first-order valence-corrected chi connectivity index (χ1v) is 4.41. The van der Waals surface area contributed by atoms with Gasteiger partial charge in [0.05, 0.1) is 18.6 Å². The summed E-state index contributed by atoms with van der Waals surface area (Å²) in [5.41, 5.74) is 1.22. The van der Waals surface area contributed by atoms with Gasteiger partial charge in [-0.3, -0.25) is 0 Å². The van der Waals surface area contributed by atoms with Gasteiger partial charge in [0.25, 0.3) is 0 Å². The highest BCUT2D eigenvalue weighted by Gasteiger charge is 2.04. The number of nitrogens with zero attached hydrogens (tertiary/aromatic N) is 1. The van der Waals surface area contributed by atoms with Gasteiger partial charge < -0.3 is 5.11 Å². The number of aliphatic hydroxyl groups excluding tert-OH is 1. The summed E-state index contributed by atoms with van der Waals surface area (Å²) in [7, 11) is 0. The summed E-state index contributed by atoms with van der Waals surface area (Å²) in [4.78, 5) is 0. The summed E-state index contributed by atoms with van der Waals surface area (Å²) in [6.07, 6.45) is 1.59. The first-order chi connectivity index (χ1) is 6.36. The van der Waals surface area contributed by atoms with E-state index in [0.717, 1.165) is 12.8 Å².